The first-order chi connectivity index (χ1) is 9.29. The largest absolute Gasteiger partial charge is 0.392 e. The third-order valence-electron chi connectivity index (χ3n) is 3.32. The lowest BCUT2D eigenvalue weighted by atomic mass is 9.97. The van der Waals surface area contributed by atoms with Gasteiger partial charge < -0.3 is 5.11 Å². The van der Waals surface area contributed by atoms with E-state index >= 15 is 0 Å². The first-order valence-corrected chi connectivity index (χ1v) is 6.17. The van der Waals surface area contributed by atoms with Crippen LogP contribution in [0, 0.1) is 5.82 Å². The average Bonchev–Trinajstić information content (AvgIpc) is 2.48. The van der Waals surface area contributed by atoms with Crippen molar-refractivity contribution in [1.82, 2.24) is 0 Å². The summed E-state index contributed by atoms with van der Waals surface area (Å²) in [5.74, 6) is -0.202. The molecule has 0 aliphatic heterocycles. The van der Waals surface area contributed by atoms with E-state index < -0.39 is 0 Å². The molecule has 94 valence electrons. The second-order valence-electron chi connectivity index (χ2n) is 4.50. The van der Waals surface area contributed by atoms with Crippen LogP contribution in [0.4, 0.5) is 4.39 Å². The van der Waals surface area contributed by atoms with Crippen molar-refractivity contribution in [3.63, 3.8) is 0 Å². The molecule has 0 atom stereocenters. The number of aliphatic hydroxyl groups excluding tert-OH is 1. The summed E-state index contributed by atoms with van der Waals surface area (Å²) in [5, 5.41) is 10.6. The molecule has 0 spiro atoms. The number of aliphatic hydroxyl groups is 1. The van der Waals surface area contributed by atoms with E-state index in [1.807, 2.05) is 42.5 Å². The highest BCUT2D eigenvalue weighted by molar-refractivity contribution is 5.96. The van der Waals surface area contributed by atoms with E-state index in [0.29, 0.717) is 5.39 Å². The van der Waals surface area contributed by atoms with Crippen molar-refractivity contribution >= 4 is 10.8 Å². The second-order valence-corrected chi connectivity index (χ2v) is 4.50. The lowest BCUT2D eigenvalue weighted by Gasteiger charge is -2.08. The van der Waals surface area contributed by atoms with Gasteiger partial charge in [-0.25, -0.2) is 4.39 Å². The van der Waals surface area contributed by atoms with Crippen molar-refractivity contribution in [2.24, 2.45) is 0 Å². The van der Waals surface area contributed by atoms with Gasteiger partial charge in [-0.05, 0) is 28.1 Å². The Balaban J connectivity index is 2.21. The van der Waals surface area contributed by atoms with Gasteiger partial charge in [0.25, 0.3) is 0 Å². The van der Waals surface area contributed by atoms with E-state index in [0.717, 1.165) is 22.1 Å². The molecule has 0 aliphatic carbocycles. The van der Waals surface area contributed by atoms with Crippen molar-refractivity contribution in [2.75, 3.05) is 0 Å². The average molecular weight is 252 g/mol. The highest BCUT2D eigenvalue weighted by Crippen LogP contribution is 2.30. The monoisotopic (exact) mass is 252 g/mol. The van der Waals surface area contributed by atoms with Gasteiger partial charge >= 0.3 is 0 Å². The maximum atomic E-state index is 13.8. The molecule has 0 heterocycles. The Labute approximate surface area is 110 Å². The molecule has 0 fully saturated rings. The molecular formula is C17H13FO. The summed E-state index contributed by atoms with van der Waals surface area (Å²) in [4.78, 5) is 0. The quantitative estimate of drug-likeness (QED) is 0.726. The van der Waals surface area contributed by atoms with Gasteiger partial charge in [0.15, 0.2) is 0 Å². The van der Waals surface area contributed by atoms with Crippen LogP contribution >= 0.6 is 0 Å². The molecule has 3 aromatic carbocycles. The van der Waals surface area contributed by atoms with Gasteiger partial charge in [-0.1, -0.05) is 54.6 Å². The molecule has 0 amide bonds. The van der Waals surface area contributed by atoms with Gasteiger partial charge in [-0.2, -0.15) is 0 Å². The van der Waals surface area contributed by atoms with Crippen LogP contribution in [0.25, 0.3) is 21.9 Å². The molecule has 2 heteroatoms. The van der Waals surface area contributed by atoms with E-state index in [1.54, 1.807) is 12.1 Å². The lowest BCUT2D eigenvalue weighted by Crippen LogP contribution is -1.86. The third kappa shape index (κ3) is 2.11. The summed E-state index contributed by atoms with van der Waals surface area (Å²) in [6.07, 6.45) is 0. The smallest absolute Gasteiger partial charge is 0.131 e. The Hall–Kier alpha value is -2.19. The minimum Gasteiger partial charge on any atom is -0.392 e. The molecular weight excluding hydrogens is 239 g/mol. The summed E-state index contributed by atoms with van der Waals surface area (Å²) in [6.45, 7) is 0.0322. The number of fused-ring (bicyclic) bond motifs is 1. The lowest BCUT2D eigenvalue weighted by molar-refractivity contribution is 0.282. The number of hydrogen-bond acceptors (Lipinski definition) is 1. The van der Waals surface area contributed by atoms with Crippen molar-refractivity contribution in [1.29, 1.82) is 0 Å². The number of benzene rings is 3. The van der Waals surface area contributed by atoms with Crippen molar-refractivity contribution in [3.05, 3.63) is 72.0 Å². The van der Waals surface area contributed by atoms with Crippen molar-refractivity contribution in [2.45, 2.75) is 6.61 Å². The Kier molecular flexibility index (Phi) is 3.02. The summed E-state index contributed by atoms with van der Waals surface area (Å²) >= 11 is 0. The molecule has 0 saturated heterocycles. The van der Waals surface area contributed by atoms with Crippen molar-refractivity contribution in [3.8, 4) is 11.1 Å². The Morgan fingerprint density at radius 2 is 1.47 bits per heavy atom. The molecule has 0 aromatic heterocycles. The number of halogens is 1. The molecule has 0 saturated carbocycles. The molecule has 3 aromatic rings. The first-order valence-electron chi connectivity index (χ1n) is 6.17. The SMILES string of the molecule is OCc1ccc(-c2ccc(F)c3ccccc23)cc1. The molecule has 1 nitrogen and oxygen atoms in total. The van der Waals surface area contributed by atoms with Crippen LogP contribution in [0.3, 0.4) is 0 Å². The zero-order valence-corrected chi connectivity index (χ0v) is 10.3. The molecule has 0 aliphatic rings. The maximum Gasteiger partial charge on any atom is 0.131 e. The van der Waals surface area contributed by atoms with E-state index in [2.05, 4.69) is 0 Å². The van der Waals surface area contributed by atoms with Gasteiger partial charge in [-0.15, -0.1) is 0 Å². The number of hydrogen-bond donors (Lipinski definition) is 1. The minimum atomic E-state index is -0.202. The first kappa shape index (κ1) is 11.9. The van der Waals surface area contributed by atoms with E-state index in [1.165, 1.54) is 6.07 Å². The Morgan fingerprint density at radius 1 is 0.789 bits per heavy atom. The predicted octanol–water partition coefficient (Wildman–Crippen LogP) is 4.14. The molecule has 3 rings (SSSR count). The van der Waals surface area contributed by atoms with Gasteiger partial charge in [0.05, 0.1) is 6.61 Å². The van der Waals surface area contributed by atoms with Crippen LogP contribution in [0.5, 0.6) is 0 Å². The highest BCUT2D eigenvalue weighted by Gasteiger charge is 2.07. The third-order valence-corrected chi connectivity index (χ3v) is 3.32. The van der Waals surface area contributed by atoms with Crippen molar-refractivity contribution < 1.29 is 9.50 Å². The molecule has 0 radical (unpaired) electrons. The molecule has 0 unspecified atom stereocenters. The predicted molar refractivity (Wildman–Crippen MR) is 75.3 cm³/mol. The van der Waals surface area contributed by atoms with Crippen LogP contribution in [0.2, 0.25) is 0 Å². The fourth-order valence-corrected chi connectivity index (χ4v) is 2.30. The maximum absolute atomic E-state index is 13.8. The zero-order valence-electron chi connectivity index (χ0n) is 10.3. The van der Waals surface area contributed by atoms with E-state index in [9.17, 15) is 4.39 Å². The molecule has 0 bridgehead atoms. The normalized spacial score (nSPS) is 10.8. The highest BCUT2D eigenvalue weighted by atomic mass is 19.1. The number of rotatable bonds is 2. The second kappa shape index (κ2) is 4.82. The van der Waals surface area contributed by atoms with Crippen LogP contribution < -0.4 is 0 Å². The van der Waals surface area contributed by atoms with E-state index in [-0.39, 0.29) is 12.4 Å². The van der Waals surface area contributed by atoms with Crippen LogP contribution in [0.1, 0.15) is 5.56 Å². The van der Waals surface area contributed by atoms with Crippen LogP contribution in [0.15, 0.2) is 60.7 Å². The summed E-state index contributed by atoms with van der Waals surface area (Å²) < 4.78 is 13.8. The van der Waals surface area contributed by atoms with E-state index in [4.69, 9.17) is 5.11 Å². The molecule has 19 heavy (non-hydrogen) atoms. The zero-order chi connectivity index (χ0) is 13.2. The van der Waals surface area contributed by atoms with Gasteiger partial charge in [0.2, 0.25) is 0 Å². The van der Waals surface area contributed by atoms with Gasteiger partial charge in [-0.3, -0.25) is 0 Å². The summed E-state index contributed by atoms with van der Waals surface area (Å²) in [7, 11) is 0. The fourth-order valence-electron chi connectivity index (χ4n) is 2.30. The fraction of sp³-hybridized carbons (Fsp3) is 0.0588. The topological polar surface area (TPSA) is 20.2 Å². The van der Waals surface area contributed by atoms with Crippen LogP contribution in [-0.2, 0) is 6.61 Å². The van der Waals surface area contributed by atoms with Crippen LogP contribution in [-0.4, -0.2) is 5.11 Å². The van der Waals surface area contributed by atoms with Gasteiger partial charge in [0.1, 0.15) is 5.82 Å². The Bertz CT molecular complexity index is 717. The summed E-state index contributed by atoms with van der Waals surface area (Å²) in [5.41, 5.74) is 2.89. The summed E-state index contributed by atoms with van der Waals surface area (Å²) in [6, 6.07) is 18.4. The molecule has 1 N–H and O–H groups in total. The standard InChI is InChI=1S/C17H13FO/c18-17-10-9-14(15-3-1-2-4-16(15)17)13-7-5-12(11-19)6-8-13/h1-10,19H,11H2. The van der Waals surface area contributed by atoms with Gasteiger partial charge in [0, 0.05) is 5.39 Å². The Morgan fingerprint density at radius 3 is 2.16 bits per heavy atom. The minimum absolute atomic E-state index is 0.0322.